The van der Waals surface area contributed by atoms with Crippen molar-refractivity contribution < 1.29 is 23.7 Å². The van der Waals surface area contributed by atoms with Crippen molar-refractivity contribution >= 4 is 34.1 Å². The Kier molecular flexibility index (Phi) is 7.88. The molecule has 0 heterocycles. The van der Waals surface area contributed by atoms with E-state index < -0.39 is 0 Å². The molecule has 0 unspecified atom stereocenters. The minimum Gasteiger partial charge on any atom is -0.493 e. The number of nitrogens with one attached hydrogen (secondary N) is 1. The number of nitrogens with zero attached hydrogens (tertiary/aromatic N) is 1. The summed E-state index contributed by atoms with van der Waals surface area (Å²) >= 11 is 3.41. The van der Waals surface area contributed by atoms with E-state index in [0.717, 1.165) is 15.6 Å². The molecule has 28 heavy (non-hydrogen) atoms. The molecule has 0 atom stereocenters. The summed E-state index contributed by atoms with van der Waals surface area (Å²) < 4.78 is 21.7. The van der Waals surface area contributed by atoms with Crippen molar-refractivity contribution in [3.63, 3.8) is 0 Å². The van der Waals surface area contributed by atoms with Crippen LogP contribution in [0.5, 0.6) is 23.0 Å². The summed E-state index contributed by atoms with van der Waals surface area (Å²) in [5, 5.41) is 3.95. The van der Waals surface area contributed by atoms with Gasteiger partial charge in [-0.15, -0.1) is 0 Å². The number of ether oxygens (including phenoxy) is 4. The minimum atomic E-state index is -0.370. The topological polar surface area (TPSA) is 78.4 Å². The van der Waals surface area contributed by atoms with Crippen LogP contribution in [-0.4, -0.2) is 40.6 Å². The minimum absolute atomic E-state index is 0.370. The second kappa shape index (κ2) is 10.4. The molecule has 0 saturated heterocycles. The highest BCUT2D eigenvalue weighted by molar-refractivity contribution is 9.10. The molecular weight excluding hydrogens is 428 g/mol. The fourth-order valence-corrected chi connectivity index (χ4v) is 2.97. The molecule has 0 spiro atoms. The van der Waals surface area contributed by atoms with E-state index in [9.17, 15) is 4.79 Å². The average molecular weight is 449 g/mol. The number of halogens is 1. The van der Waals surface area contributed by atoms with Gasteiger partial charge in [0.25, 0.3) is 5.91 Å². The number of rotatable bonds is 8. The first-order valence-electron chi connectivity index (χ1n) is 8.17. The third-order valence-electron chi connectivity index (χ3n) is 3.68. The van der Waals surface area contributed by atoms with E-state index in [4.69, 9.17) is 18.9 Å². The second-order valence-corrected chi connectivity index (χ2v) is 6.27. The lowest BCUT2D eigenvalue weighted by atomic mass is 10.2. The van der Waals surface area contributed by atoms with E-state index in [1.807, 2.05) is 6.07 Å². The molecule has 0 aliphatic carbocycles. The standard InChI is InChI=1S/C20H21BrN2O5/c1-25-16-7-5-13(10-17(16)26-2)6-8-19(24)23-22-12-14-9-15(21)20(28-4)18(11-14)27-3/h5-12H,1-4H3,(H,23,24)/b8-6+,22-12-. The smallest absolute Gasteiger partial charge is 0.264 e. The van der Waals surface area contributed by atoms with Gasteiger partial charge in [0, 0.05) is 6.08 Å². The first-order valence-corrected chi connectivity index (χ1v) is 8.96. The van der Waals surface area contributed by atoms with Gasteiger partial charge in [0.15, 0.2) is 23.0 Å². The van der Waals surface area contributed by atoms with Crippen LogP contribution in [0.2, 0.25) is 0 Å². The number of carbonyl (C=O) groups is 1. The van der Waals surface area contributed by atoms with Crippen molar-refractivity contribution in [2.45, 2.75) is 0 Å². The lowest BCUT2D eigenvalue weighted by Crippen LogP contribution is -2.14. The van der Waals surface area contributed by atoms with Gasteiger partial charge in [0.05, 0.1) is 39.1 Å². The Morgan fingerprint density at radius 1 is 0.929 bits per heavy atom. The molecule has 2 rings (SSSR count). The Hall–Kier alpha value is -3.00. The molecule has 8 heteroatoms. The number of hydrogen-bond acceptors (Lipinski definition) is 6. The Bertz CT molecular complexity index is 896. The summed E-state index contributed by atoms with van der Waals surface area (Å²) in [5.74, 6) is 1.97. The van der Waals surface area contributed by atoms with Crippen LogP contribution >= 0.6 is 15.9 Å². The van der Waals surface area contributed by atoms with Crippen molar-refractivity contribution in [2.24, 2.45) is 5.10 Å². The fourth-order valence-electron chi connectivity index (χ4n) is 2.35. The molecule has 0 radical (unpaired) electrons. The van der Waals surface area contributed by atoms with E-state index in [2.05, 4.69) is 26.5 Å². The number of hydrogen-bond donors (Lipinski definition) is 1. The van der Waals surface area contributed by atoms with E-state index in [0.29, 0.717) is 23.0 Å². The van der Waals surface area contributed by atoms with E-state index in [-0.39, 0.29) is 5.91 Å². The molecular formula is C20H21BrN2O5. The Morgan fingerprint density at radius 3 is 2.25 bits per heavy atom. The van der Waals surface area contributed by atoms with Crippen LogP contribution in [0.15, 0.2) is 46.0 Å². The lowest BCUT2D eigenvalue weighted by molar-refractivity contribution is -0.116. The zero-order valence-electron chi connectivity index (χ0n) is 16.0. The normalized spacial score (nSPS) is 10.9. The molecule has 2 aromatic carbocycles. The van der Waals surface area contributed by atoms with Crippen molar-refractivity contribution in [3.05, 3.63) is 52.0 Å². The van der Waals surface area contributed by atoms with Crippen LogP contribution in [0, 0.1) is 0 Å². The molecule has 2 aromatic rings. The predicted octanol–water partition coefficient (Wildman–Crippen LogP) is 3.65. The first kappa shape index (κ1) is 21.3. The van der Waals surface area contributed by atoms with Crippen LogP contribution in [0.1, 0.15) is 11.1 Å². The predicted molar refractivity (Wildman–Crippen MR) is 112 cm³/mol. The van der Waals surface area contributed by atoms with Gasteiger partial charge in [0.1, 0.15) is 0 Å². The monoisotopic (exact) mass is 448 g/mol. The van der Waals surface area contributed by atoms with Gasteiger partial charge in [-0.25, -0.2) is 5.43 Å². The van der Waals surface area contributed by atoms with Gasteiger partial charge in [-0.05, 0) is 57.4 Å². The van der Waals surface area contributed by atoms with Crippen molar-refractivity contribution in [2.75, 3.05) is 28.4 Å². The van der Waals surface area contributed by atoms with Crippen LogP contribution in [0.3, 0.4) is 0 Å². The second-order valence-electron chi connectivity index (χ2n) is 5.42. The molecule has 148 valence electrons. The van der Waals surface area contributed by atoms with Crippen molar-refractivity contribution in [3.8, 4) is 23.0 Å². The van der Waals surface area contributed by atoms with E-state index in [1.54, 1.807) is 58.8 Å². The van der Waals surface area contributed by atoms with Crippen molar-refractivity contribution in [1.82, 2.24) is 5.43 Å². The van der Waals surface area contributed by atoms with Gasteiger partial charge in [-0.1, -0.05) is 6.07 Å². The van der Waals surface area contributed by atoms with Crippen LogP contribution in [-0.2, 0) is 4.79 Å². The molecule has 1 N–H and O–H groups in total. The molecule has 0 aromatic heterocycles. The zero-order valence-corrected chi connectivity index (χ0v) is 17.6. The number of carbonyl (C=O) groups excluding carboxylic acids is 1. The summed E-state index contributed by atoms with van der Waals surface area (Å²) in [6, 6.07) is 8.90. The average Bonchev–Trinajstić information content (AvgIpc) is 2.71. The molecule has 0 fully saturated rings. The summed E-state index contributed by atoms with van der Waals surface area (Å²) in [7, 11) is 6.22. The number of benzene rings is 2. The molecule has 0 saturated carbocycles. The number of amides is 1. The fraction of sp³-hybridized carbons (Fsp3) is 0.200. The third-order valence-corrected chi connectivity index (χ3v) is 4.27. The highest BCUT2D eigenvalue weighted by Crippen LogP contribution is 2.35. The van der Waals surface area contributed by atoms with Gasteiger partial charge in [-0.3, -0.25) is 4.79 Å². The SMILES string of the molecule is COc1ccc(/C=C/C(=O)N/N=C\c2cc(Br)c(OC)c(OC)c2)cc1OC. The van der Waals surface area contributed by atoms with Crippen LogP contribution in [0.25, 0.3) is 6.08 Å². The van der Waals surface area contributed by atoms with Gasteiger partial charge >= 0.3 is 0 Å². The summed E-state index contributed by atoms with van der Waals surface area (Å²) in [5.41, 5.74) is 3.96. The number of methoxy groups -OCH3 is 4. The first-order chi connectivity index (χ1) is 13.5. The molecule has 0 bridgehead atoms. The maximum Gasteiger partial charge on any atom is 0.264 e. The molecule has 0 aliphatic heterocycles. The molecule has 0 aliphatic rings. The summed E-state index contributed by atoms with van der Waals surface area (Å²) in [6.07, 6.45) is 4.54. The van der Waals surface area contributed by atoms with E-state index >= 15 is 0 Å². The Morgan fingerprint density at radius 2 is 1.61 bits per heavy atom. The molecule has 7 nitrogen and oxygen atoms in total. The highest BCUT2D eigenvalue weighted by Gasteiger charge is 2.09. The zero-order chi connectivity index (χ0) is 20.5. The number of hydrazone groups is 1. The summed E-state index contributed by atoms with van der Waals surface area (Å²) in [6.45, 7) is 0. The third kappa shape index (κ3) is 5.50. The van der Waals surface area contributed by atoms with Crippen LogP contribution < -0.4 is 24.4 Å². The van der Waals surface area contributed by atoms with Crippen LogP contribution in [0.4, 0.5) is 0 Å². The quantitative estimate of drug-likeness (QED) is 0.378. The largest absolute Gasteiger partial charge is 0.493 e. The van der Waals surface area contributed by atoms with Gasteiger partial charge in [-0.2, -0.15) is 5.10 Å². The van der Waals surface area contributed by atoms with Gasteiger partial charge < -0.3 is 18.9 Å². The van der Waals surface area contributed by atoms with Gasteiger partial charge in [0.2, 0.25) is 0 Å². The Balaban J connectivity index is 2.02. The highest BCUT2D eigenvalue weighted by atomic mass is 79.9. The van der Waals surface area contributed by atoms with E-state index in [1.165, 1.54) is 12.3 Å². The molecule has 1 amide bonds. The Labute approximate surface area is 172 Å². The lowest BCUT2D eigenvalue weighted by Gasteiger charge is -2.10. The maximum absolute atomic E-state index is 12.0. The van der Waals surface area contributed by atoms with Crippen molar-refractivity contribution in [1.29, 1.82) is 0 Å². The maximum atomic E-state index is 12.0. The summed E-state index contributed by atoms with van der Waals surface area (Å²) in [4.78, 5) is 12.0.